The lowest BCUT2D eigenvalue weighted by Crippen LogP contribution is -2.19. The summed E-state index contributed by atoms with van der Waals surface area (Å²) in [5.74, 6) is -0.0446. The third kappa shape index (κ3) is 5.15. The van der Waals surface area contributed by atoms with Crippen molar-refractivity contribution in [3.05, 3.63) is 5.53 Å². The number of carbonyl (C=O) groups excluding carboxylic acids is 1. The lowest BCUT2D eigenvalue weighted by Gasteiger charge is -2.00. The molecule has 0 fully saturated rings. The molecule has 0 rings (SSSR count). The predicted molar refractivity (Wildman–Crippen MR) is 49.3 cm³/mol. The van der Waals surface area contributed by atoms with Crippen LogP contribution < -0.4 is 0 Å². The average Bonchev–Trinajstić information content (AvgIpc) is 2.05. The highest BCUT2D eigenvalue weighted by Gasteiger charge is 2.20. The molecule has 0 aliphatic rings. The molecule has 0 unspecified atom stereocenters. The van der Waals surface area contributed by atoms with Crippen molar-refractivity contribution >= 4 is 11.7 Å². The summed E-state index contributed by atoms with van der Waals surface area (Å²) in [7, 11) is 0. The Morgan fingerprint density at radius 3 is 2.54 bits per heavy atom. The predicted octanol–water partition coefficient (Wildman–Crippen LogP) is 1.66. The molecule has 74 valence electrons. The fraction of sp³-hybridized carbons (Fsp3) is 0.778. The Morgan fingerprint density at radius 1 is 1.54 bits per heavy atom. The van der Waals surface area contributed by atoms with E-state index in [1.54, 1.807) is 6.92 Å². The number of nitrogens with zero attached hydrogens (tertiary/aromatic N) is 2. The van der Waals surface area contributed by atoms with Crippen LogP contribution in [-0.2, 0) is 9.53 Å². The van der Waals surface area contributed by atoms with Crippen LogP contribution in [-0.4, -0.2) is 23.1 Å². The Balaban J connectivity index is 4.05. The first-order valence-electron chi connectivity index (χ1n) is 4.49. The Bertz CT molecular complexity index is 218. The molecule has 0 heterocycles. The van der Waals surface area contributed by atoms with Crippen LogP contribution in [0.4, 0.5) is 0 Å². The van der Waals surface area contributed by atoms with Gasteiger partial charge in [-0.25, -0.2) is 4.79 Å². The van der Waals surface area contributed by atoms with E-state index in [4.69, 9.17) is 10.3 Å². The van der Waals surface area contributed by atoms with Crippen LogP contribution in [0.15, 0.2) is 0 Å². The van der Waals surface area contributed by atoms with Gasteiger partial charge < -0.3 is 10.3 Å². The molecule has 0 saturated heterocycles. The molecule has 0 radical (unpaired) electrons. The van der Waals surface area contributed by atoms with Crippen LogP contribution in [0.1, 0.15) is 33.6 Å². The second-order valence-electron chi connectivity index (χ2n) is 3.20. The maximum Gasteiger partial charge on any atom is 0.416 e. The second-order valence-corrected chi connectivity index (χ2v) is 3.20. The van der Waals surface area contributed by atoms with Crippen LogP contribution in [0, 0.1) is 5.92 Å². The number of ether oxygens (including phenoxy) is 1. The molecule has 0 saturated carbocycles. The van der Waals surface area contributed by atoms with E-state index in [0.29, 0.717) is 18.9 Å². The molecule has 0 aromatic carbocycles. The van der Waals surface area contributed by atoms with Crippen molar-refractivity contribution in [3.63, 3.8) is 0 Å². The van der Waals surface area contributed by atoms with Crippen LogP contribution >= 0.6 is 0 Å². The Labute approximate surface area is 78.5 Å². The van der Waals surface area contributed by atoms with Gasteiger partial charge in [0.25, 0.3) is 0 Å². The Kier molecular flexibility index (Phi) is 5.81. The first kappa shape index (κ1) is 11.8. The topological polar surface area (TPSA) is 62.7 Å². The summed E-state index contributed by atoms with van der Waals surface area (Å²) in [5, 5.41) is 0. The third-order valence-corrected chi connectivity index (χ3v) is 1.59. The van der Waals surface area contributed by atoms with Crippen molar-refractivity contribution in [2.24, 2.45) is 5.92 Å². The van der Waals surface area contributed by atoms with Crippen molar-refractivity contribution < 1.29 is 14.3 Å². The quantitative estimate of drug-likeness (QED) is 0.282. The van der Waals surface area contributed by atoms with E-state index in [1.165, 1.54) is 0 Å². The van der Waals surface area contributed by atoms with E-state index >= 15 is 0 Å². The summed E-state index contributed by atoms with van der Waals surface area (Å²) < 4.78 is 4.70. The van der Waals surface area contributed by atoms with Gasteiger partial charge in [0.15, 0.2) is 0 Å². The van der Waals surface area contributed by atoms with Crippen LogP contribution in [0.3, 0.4) is 0 Å². The summed E-state index contributed by atoms with van der Waals surface area (Å²) in [4.78, 5) is 14.0. The summed E-state index contributed by atoms with van der Waals surface area (Å²) >= 11 is 0. The number of carbonyl (C=O) groups is 1. The molecule has 0 aromatic rings. The first-order chi connectivity index (χ1) is 6.11. The molecule has 0 atom stereocenters. The summed E-state index contributed by atoms with van der Waals surface area (Å²) in [6.07, 6.45) is 1.28. The van der Waals surface area contributed by atoms with Gasteiger partial charge in [-0.15, -0.1) is 0 Å². The van der Waals surface area contributed by atoms with Crippen molar-refractivity contribution in [1.29, 1.82) is 0 Å². The van der Waals surface area contributed by atoms with Gasteiger partial charge >= 0.3 is 11.7 Å². The zero-order valence-electron chi connectivity index (χ0n) is 8.41. The maximum absolute atomic E-state index is 11.1. The van der Waals surface area contributed by atoms with Gasteiger partial charge in [0, 0.05) is 0 Å². The molecule has 0 bridgehead atoms. The van der Waals surface area contributed by atoms with Crippen molar-refractivity contribution in [2.45, 2.75) is 33.6 Å². The Morgan fingerprint density at radius 2 is 2.15 bits per heavy atom. The van der Waals surface area contributed by atoms with Gasteiger partial charge in [-0.1, -0.05) is 13.8 Å². The van der Waals surface area contributed by atoms with Crippen molar-refractivity contribution in [3.8, 4) is 0 Å². The molecule has 0 amide bonds. The fourth-order valence-electron chi connectivity index (χ4n) is 0.833. The van der Waals surface area contributed by atoms with E-state index in [1.807, 2.05) is 13.8 Å². The summed E-state index contributed by atoms with van der Waals surface area (Å²) in [5.41, 5.74) is 8.63. The number of rotatable bonds is 5. The highest BCUT2D eigenvalue weighted by atomic mass is 16.5. The number of hydrogen-bond donors (Lipinski definition) is 0. The monoisotopic (exact) mass is 184 g/mol. The minimum Gasteiger partial charge on any atom is -0.457 e. The third-order valence-electron chi connectivity index (χ3n) is 1.59. The van der Waals surface area contributed by atoms with Gasteiger partial charge in [0.05, 0.1) is 13.0 Å². The second kappa shape index (κ2) is 6.38. The molecule has 4 heteroatoms. The Hall–Kier alpha value is -1.15. The van der Waals surface area contributed by atoms with Gasteiger partial charge in [-0.2, -0.15) is 4.79 Å². The SMILES string of the molecule is CCOC(=O)C(CCC(C)C)=[N+]=[N-]. The molecule has 0 aromatic heterocycles. The lowest BCUT2D eigenvalue weighted by molar-refractivity contribution is -0.140. The smallest absolute Gasteiger partial charge is 0.416 e. The van der Waals surface area contributed by atoms with Crippen LogP contribution in [0.25, 0.3) is 5.53 Å². The molecule has 0 spiro atoms. The zero-order valence-corrected chi connectivity index (χ0v) is 8.41. The van der Waals surface area contributed by atoms with Gasteiger partial charge in [0.1, 0.15) is 0 Å². The maximum atomic E-state index is 11.1. The first-order valence-corrected chi connectivity index (χ1v) is 4.49. The van der Waals surface area contributed by atoms with E-state index in [0.717, 1.165) is 6.42 Å². The molecule has 0 N–H and O–H groups in total. The van der Waals surface area contributed by atoms with Gasteiger partial charge in [-0.3, -0.25) is 0 Å². The van der Waals surface area contributed by atoms with Crippen LogP contribution in [0.2, 0.25) is 0 Å². The minimum atomic E-state index is -0.523. The molecular weight excluding hydrogens is 168 g/mol. The van der Waals surface area contributed by atoms with E-state index in [9.17, 15) is 4.79 Å². The van der Waals surface area contributed by atoms with Gasteiger partial charge in [0.2, 0.25) is 0 Å². The summed E-state index contributed by atoms with van der Waals surface area (Å²) in [6, 6.07) is 0. The minimum absolute atomic E-state index is 0.107. The molecule has 0 aliphatic carbocycles. The average molecular weight is 184 g/mol. The summed E-state index contributed by atoms with van der Waals surface area (Å²) in [6.45, 7) is 6.11. The molecule has 13 heavy (non-hydrogen) atoms. The van der Waals surface area contributed by atoms with Crippen molar-refractivity contribution in [1.82, 2.24) is 0 Å². The zero-order chi connectivity index (χ0) is 10.3. The molecule has 0 aliphatic heterocycles. The highest BCUT2D eigenvalue weighted by molar-refractivity contribution is 6.33. The largest absolute Gasteiger partial charge is 0.457 e. The van der Waals surface area contributed by atoms with Gasteiger partial charge in [-0.05, 0) is 19.3 Å². The molecular formula is C9H16N2O2. The van der Waals surface area contributed by atoms with Crippen LogP contribution in [0.5, 0.6) is 0 Å². The van der Waals surface area contributed by atoms with Crippen molar-refractivity contribution in [2.75, 3.05) is 6.61 Å². The molecule has 4 nitrogen and oxygen atoms in total. The standard InChI is InChI=1S/C9H16N2O2/c1-4-13-9(12)8(11-10)6-5-7(2)3/h7H,4-6H2,1-3H3. The van der Waals surface area contributed by atoms with E-state index < -0.39 is 5.97 Å². The normalized spacial score (nSPS) is 9.54. The van der Waals surface area contributed by atoms with E-state index in [-0.39, 0.29) is 5.71 Å². The number of hydrogen-bond acceptors (Lipinski definition) is 2. The highest BCUT2D eigenvalue weighted by Crippen LogP contribution is 2.04. The van der Waals surface area contributed by atoms with E-state index in [2.05, 4.69) is 4.79 Å². The lowest BCUT2D eigenvalue weighted by atomic mass is 10.1. The fourth-order valence-corrected chi connectivity index (χ4v) is 0.833. The number of esters is 1.